The van der Waals surface area contributed by atoms with Crippen molar-refractivity contribution in [3.05, 3.63) is 64.5 Å². The highest BCUT2D eigenvalue weighted by Crippen LogP contribution is 2.30. The van der Waals surface area contributed by atoms with Gasteiger partial charge in [-0.25, -0.2) is 4.39 Å². The molecular weight excluding hydrogens is 345 g/mol. The molecule has 0 saturated heterocycles. The minimum absolute atomic E-state index is 0.0568. The zero-order chi connectivity index (χ0) is 19.4. The van der Waals surface area contributed by atoms with Crippen molar-refractivity contribution < 1.29 is 19.0 Å². The van der Waals surface area contributed by atoms with Crippen molar-refractivity contribution in [1.82, 2.24) is 4.90 Å². The topological polar surface area (TPSA) is 49.8 Å². The smallest absolute Gasteiger partial charge is 0.303 e. The Kier molecular flexibility index (Phi) is 6.11. The van der Waals surface area contributed by atoms with Gasteiger partial charge in [0.1, 0.15) is 6.10 Å². The average Bonchev–Trinajstić information content (AvgIpc) is 2.82. The van der Waals surface area contributed by atoms with Crippen LogP contribution in [0.3, 0.4) is 0 Å². The lowest BCUT2D eigenvalue weighted by Crippen LogP contribution is -2.32. The number of carboxylic acids is 1. The van der Waals surface area contributed by atoms with Crippen molar-refractivity contribution in [2.75, 3.05) is 6.54 Å². The third kappa shape index (κ3) is 4.86. The van der Waals surface area contributed by atoms with Crippen molar-refractivity contribution >= 4 is 5.97 Å². The van der Waals surface area contributed by atoms with Crippen molar-refractivity contribution in [3.63, 3.8) is 0 Å². The molecule has 1 atom stereocenters. The Balaban J connectivity index is 1.81. The Bertz CT molecular complexity index is 821. The quantitative estimate of drug-likeness (QED) is 0.821. The van der Waals surface area contributed by atoms with E-state index in [1.165, 1.54) is 17.2 Å². The highest BCUT2D eigenvalue weighted by atomic mass is 19.1. The van der Waals surface area contributed by atoms with E-state index in [4.69, 9.17) is 9.84 Å². The Morgan fingerprint density at radius 3 is 2.89 bits per heavy atom. The van der Waals surface area contributed by atoms with Crippen molar-refractivity contribution in [3.8, 4) is 5.75 Å². The van der Waals surface area contributed by atoms with Crippen LogP contribution in [0.4, 0.5) is 4.39 Å². The summed E-state index contributed by atoms with van der Waals surface area (Å²) in [6.45, 7) is 6.19. The maximum absolute atomic E-state index is 14.2. The van der Waals surface area contributed by atoms with Gasteiger partial charge in [-0.1, -0.05) is 37.3 Å². The Morgan fingerprint density at radius 2 is 2.15 bits per heavy atom. The van der Waals surface area contributed by atoms with Gasteiger partial charge in [-0.3, -0.25) is 9.69 Å². The second kappa shape index (κ2) is 8.53. The standard InChI is InChI=1S/C22H26FNO3/c1-3-19-14-24(12-17-5-4-6-20(23)22(17)27-19)13-18-11-16(8-7-15(18)2)9-10-21(25)26/h4-8,11,19H,3,9-10,12-14H2,1-2H3,(H,25,26)/t19-/m1/s1. The average molecular weight is 371 g/mol. The molecule has 0 fully saturated rings. The number of fused-ring (bicyclic) bond motifs is 1. The molecule has 1 aliphatic heterocycles. The van der Waals surface area contributed by atoms with E-state index in [-0.39, 0.29) is 18.3 Å². The number of hydrogen-bond acceptors (Lipinski definition) is 3. The zero-order valence-corrected chi connectivity index (χ0v) is 15.9. The van der Waals surface area contributed by atoms with E-state index in [9.17, 15) is 9.18 Å². The van der Waals surface area contributed by atoms with Crippen LogP contribution in [-0.4, -0.2) is 28.6 Å². The lowest BCUT2D eigenvalue weighted by molar-refractivity contribution is -0.136. The first-order valence-electron chi connectivity index (χ1n) is 9.43. The molecule has 144 valence electrons. The number of nitrogens with zero attached hydrogens (tertiary/aromatic N) is 1. The second-order valence-corrected chi connectivity index (χ2v) is 7.20. The molecule has 0 aliphatic carbocycles. The number of ether oxygens (including phenoxy) is 1. The molecule has 0 unspecified atom stereocenters. The van der Waals surface area contributed by atoms with Crippen LogP contribution in [0.25, 0.3) is 0 Å². The normalized spacial score (nSPS) is 17.1. The van der Waals surface area contributed by atoms with Gasteiger partial charge in [0.2, 0.25) is 0 Å². The van der Waals surface area contributed by atoms with Crippen molar-refractivity contribution in [2.24, 2.45) is 0 Å². The summed E-state index contributed by atoms with van der Waals surface area (Å²) < 4.78 is 20.1. The predicted octanol–water partition coefficient (Wildman–Crippen LogP) is 4.32. The first kappa shape index (κ1) is 19.4. The van der Waals surface area contributed by atoms with Crippen LogP contribution in [-0.2, 0) is 24.3 Å². The van der Waals surface area contributed by atoms with Crippen LogP contribution in [0, 0.1) is 12.7 Å². The molecule has 0 radical (unpaired) electrons. The Hall–Kier alpha value is -2.40. The van der Waals surface area contributed by atoms with E-state index in [1.54, 1.807) is 6.07 Å². The maximum atomic E-state index is 14.2. The summed E-state index contributed by atoms with van der Waals surface area (Å²) in [7, 11) is 0. The molecule has 2 aromatic carbocycles. The molecule has 0 saturated carbocycles. The van der Waals surface area contributed by atoms with Gasteiger partial charge >= 0.3 is 5.97 Å². The first-order chi connectivity index (χ1) is 13.0. The van der Waals surface area contributed by atoms with E-state index < -0.39 is 5.97 Å². The molecular formula is C22H26FNO3. The highest BCUT2D eigenvalue weighted by molar-refractivity contribution is 5.67. The minimum atomic E-state index is -0.786. The number of para-hydroxylation sites is 1. The van der Waals surface area contributed by atoms with Gasteiger partial charge in [0.25, 0.3) is 0 Å². The third-order valence-electron chi connectivity index (χ3n) is 5.08. The van der Waals surface area contributed by atoms with Gasteiger partial charge < -0.3 is 9.84 Å². The summed E-state index contributed by atoms with van der Waals surface area (Å²) in [5, 5.41) is 8.91. The predicted molar refractivity (Wildman–Crippen MR) is 102 cm³/mol. The van der Waals surface area contributed by atoms with E-state index in [1.807, 2.05) is 25.1 Å². The van der Waals surface area contributed by atoms with Gasteiger partial charge in [0, 0.05) is 31.6 Å². The van der Waals surface area contributed by atoms with E-state index in [0.717, 1.165) is 30.6 Å². The molecule has 0 bridgehead atoms. The number of carbonyl (C=O) groups is 1. The van der Waals surface area contributed by atoms with E-state index in [0.29, 0.717) is 18.7 Å². The molecule has 1 aliphatic rings. The molecule has 3 rings (SSSR count). The monoisotopic (exact) mass is 371 g/mol. The number of aliphatic carboxylic acids is 1. The molecule has 1 heterocycles. The van der Waals surface area contributed by atoms with Crippen LogP contribution in [0.15, 0.2) is 36.4 Å². The fraction of sp³-hybridized carbons (Fsp3) is 0.409. The number of aryl methyl sites for hydroxylation is 2. The van der Waals surface area contributed by atoms with Crippen LogP contribution in [0.2, 0.25) is 0 Å². The molecule has 0 spiro atoms. The van der Waals surface area contributed by atoms with Gasteiger partial charge in [-0.05, 0) is 42.5 Å². The lowest BCUT2D eigenvalue weighted by atomic mass is 10.0. The molecule has 5 heteroatoms. The van der Waals surface area contributed by atoms with E-state index >= 15 is 0 Å². The SMILES string of the molecule is CC[C@@H]1CN(Cc2cc(CCC(=O)O)ccc2C)Cc2cccc(F)c2O1. The van der Waals surface area contributed by atoms with Gasteiger partial charge in [-0.2, -0.15) is 0 Å². The second-order valence-electron chi connectivity index (χ2n) is 7.20. The largest absolute Gasteiger partial charge is 0.486 e. The first-order valence-corrected chi connectivity index (χ1v) is 9.43. The molecule has 27 heavy (non-hydrogen) atoms. The van der Waals surface area contributed by atoms with Gasteiger partial charge in [0.05, 0.1) is 0 Å². The third-order valence-corrected chi connectivity index (χ3v) is 5.08. The fourth-order valence-corrected chi connectivity index (χ4v) is 3.48. The summed E-state index contributed by atoms with van der Waals surface area (Å²) in [5.41, 5.74) is 4.24. The Morgan fingerprint density at radius 1 is 1.33 bits per heavy atom. The maximum Gasteiger partial charge on any atom is 0.303 e. The van der Waals surface area contributed by atoms with Gasteiger partial charge in [0.15, 0.2) is 11.6 Å². The number of benzene rings is 2. The zero-order valence-electron chi connectivity index (χ0n) is 15.9. The number of carboxylic acid groups (broad SMARTS) is 1. The van der Waals surface area contributed by atoms with Crippen LogP contribution in [0.1, 0.15) is 42.0 Å². The van der Waals surface area contributed by atoms with E-state index in [2.05, 4.69) is 17.9 Å². The summed E-state index contributed by atoms with van der Waals surface area (Å²) in [5.74, 6) is -0.718. The van der Waals surface area contributed by atoms with Crippen LogP contribution < -0.4 is 4.74 Å². The number of halogens is 1. The number of hydrogen-bond donors (Lipinski definition) is 1. The molecule has 1 N–H and O–H groups in total. The van der Waals surface area contributed by atoms with Crippen molar-refractivity contribution in [1.29, 1.82) is 0 Å². The molecule has 0 aromatic heterocycles. The molecule has 0 amide bonds. The highest BCUT2D eigenvalue weighted by Gasteiger charge is 2.24. The summed E-state index contributed by atoms with van der Waals surface area (Å²) in [4.78, 5) is 13.1. The summed E-state index contributed by atoms with van der Waals surface area (Å²) >= 11 is 0. The molecule has 2 aromatic rings. The number of rotatable bonds is 6. The van der Waals surface area contributed by atoms with Crippen LogP contribution >= 0.6 is 0 Å². The summed E-state index contributed by atoms with van der Waals surface area (Å²) in [6.07, 6.45) is 1.41. The molecule has 4 nitrogen and oxygen atoms in total. The fourth-order valence-electron chi connectivity index (χ4n) is 3.48. The van der Waals surface area contributed by atoms with Crippen molar-refractivity contribution in [2.45, 2.75) is 52.3 Å². The Labute approximate surface area is 159 Å². The lowest BCUT2D eigenvalue weighted by Gasteiger charge is -2.24. The summed E-state index contributed by atoms with van der Waals surface area (Å²) in [6, 6.07) is 11.2. The van der Waals surface area contributed by atoms with Gasteiger partial charge in [-0.15, -0.1) is 0 Å². The van der Waals surface area contributed by atoms with Crippen LogP contribution in [0.5, 0.6) is 5.75 Å². The minimum Gasteiger partial charge on any atom is -0.486 e.